The van der Waals surface area contributed by atoms with Crippen LogP contribution >= 0.6 is 0 Å². The molecule has 0 spiro atoms. The van der Waals surface area contributed by atoms with Crippen LogP contribution in [-0.2, 0) is 0 Å². The summed E-state index contributed by atoms with van der Waals surface area (Å²) in [6.07, 6.45) is 4.04. The van der Waals surface area contributed by atoms with Crippen LogP contribution in [0.4, 0.5) is 0 Å². The van der Waals surface area contributed by atoms with Crippen LogP contribution in [0.3, 0.4) is 0 Å². The van der Waals surface area contributed by atoms with E-state index in [4.69, 9.17) is 0 Å². The summed E-state index contributed by atoms with van der Waals surface area (Å²) in [5.74, 6) is 0.723. The van der Waals surface area contributed by atoms with Crippen molar-refractivity contribution in [2.45, 2.75) is 48.0 Å². The van der Waals surface area contributed by atoms with Crippen molar-refractivity contribution in [2.24, 2.45) is 10.8 Å². The van der Waals surface area contributed by atoms with Crippen molar-refractivity contribution < 1.29 is 10.2 Å². The average molecular weight is 212 g/mol. The monoisotopic (exact) mass is 212 g/mol. The van der Waals surface area contributed by atoms with E-state index in [0.717, 1.165) is 0 Å². The first-order chi connectivity index (χ1) is 6.55. The quantitative estimate of drug-likeness (QED) is 0.668. The Morgan fingerprint density at radius 1 is 0.800 bits per heavy atom. The van der Waals surface area contributed by atoms with Crippen LogP contribution < -0.4 is 0 Å². The number of aliphatic hydroxyl groups is 2. The molecule has 0 saturated carbocycles. The number of rotatable bonds is 2. The molecule has 0 radical (unpaired) electrons. The molecule has 0 aliphatic rings. The summed E-state index contributed by atoms with van der Waals surface area (Å²) in [6, 6.07) is 0. The predicted octanol–water partition coefficient (Wildman–Crippen LogP) is 4.35. The maximum absolute atomic E-state index is 9.65. The van der Waals surface area contributed by atoms with Crippen molar-refractivity contribution in [2.75, 3.05) is 0 Å². The van der Waals surface area contributed by atoms with Crippen LogP contribution in [0.5, 0.6) is 0 Å². The highest BCUT2D eigenvalue weighted by Gasteiger charge is 2.16. The van der Waals surface area contributed by atoms with Crippen molar-refractivity contribution >= 4 is 0 Å². The van der Waals surface area contributed by atoms with Gasteiger partial charge < -0.3 is 10.2 Å². The molecule has 0 aliphatic carbocycles. The molecule has 0 aromatic heterocycles. The predicted molar refractivity (Wildman–Crippen MR) is 65.0 cm³/mol. The Bertz CT molecular complexity index is 231. The second-order valence-electron chi connectivity index (χ2n) is 5.91. The van der Waals surface area contributed by atoms with Gasteiger partial charge >= 0.3 is 0 Å². The lowest BCUT2D eigenvalue weighted by Gasteiger charge is -2.18. The first kappa shape index (κ1) is 14.1. The molecular weight excluding hydrogens is 188 g/mol. The maximum atomic E-state index is 9.65. The minimum absolute atomic E-state index is 0.217. The minimum Gasteiger partial charge on any atom is -0.512 e. The van der Waals surface area contributed by atoms with Gasteiger partial charge in [0.05, 0.1) is 11.5 Å². The zero-order valence-corrected chi connectivity index (χ0v) is 10.8. The van der Waals surface area contributed by atoms with Crippen molar-refractivity contribution in [3.8, 4) is 0 Å². The molecule has 0 atom stereocenters. The molecule has 88 valence electrons. The fraction of sp³-hybridized carbons (Fsp3) is 0.692. The van der Waals surface area contributed by atoms with Gasteiger partial charge in [0.25, 0.3) is 0 Å². The summed E-state index contributed by atoms with van der Waals surface area (Å²) in [4.78, 5) is 0. The highest BCUT2D eigenvalue weighted by molar-refractivity contribution is 5.08. The van der Waals surface area contributed by atoms with Gasteiger partial charge in [0.2, 0.25) is 0 Å². The van der Waals surface area contributed by atoms with E-state index in [9.17, 15) is 10.2 Å². The first-order valence-corrected chi connectivity index (χ1v) is 5.34. The van der Waals surface area contributed by atoms with E-state index in [0.29, 0.717) is 17.9 Å². The standard InChI is InChI=1S/C13H24O2/c1-12(2,3)10(14)8-7-9-11(15)13(4,5)6/h8-9,14-15H,7H2,1-6H3/b10-8-,11-9?. The highest BCUT2D eigenvalue weighted by atomic mass is 16.3. The second kappa shape index (κ2) is 4.73. The summed E-state index contributed by atoms with van der Waals surface area (Å²) in [7, 11) is 0. The van der Waals surface area contributed by atoms with Crippen molar-refractivity contribution in [3.63, 3.8) is 0 Å². The van der Waals surface area contributed by atoms with E-state index in [1.165, 1.54) is 0 Å². The summed E-state index contributed by atoms with van der Waals surface area (Å²) in [6.45, 7) is 11.7. The molecule has 0 saturated heterocycles. The Kier molecular flexibility index (Phi) is 4.44. The Labute approximate surface area is 93.3 Å². The Morgan fingerprint density at radius 2 is 1.07 bits per heavy atom. The molecule has 15 heavy (non-hydrogen) atoms. The van der Waals surface area contributed by atoms with Crippen LogP contribution in [0.25, 0.3) is 0 Å². The van der Waals surface area contributed by atoms with E-state index < -0.39 is 0 Å². The molecule has 0 aliphatic heterocycles. The van der Waals surface area contributed by atoms with Gasteiger partial charge in [0.15, 0.2) is 0 Å². The summed E-state index contributed by atoms with van der Waals surface area (Å²) < 4.78 is 0. The Hall–Kier alpha value is -0.920. The van der Waals surface area contributed by atoms with E-state index in [-0.39, 0.29) is 10.8 Å². The van der Waals surface area contributed by atoms with Crippen molar-refractivity contribution in [1.29, 1.82) is 0 Å². The van der Waals surface area contributed by atoms with Gasteiger partial charge in [-0.2, -0.15) is 0 Å². The Morgan fingerprint density at radius 3 is 1.27 bits per heavy atom. The Balaban J connectivity index is 4.44. The van der Waals surface area contributed by atoms with Crippen LogP contribution in [-0.4, -0.2) is 10.2 Å². The van der Waals surface area contributed by atoms with Gasteiger partial charge in [-0.25, -0.2) is 0 Å². The van der Waals surface area contributed by atoms with Gasteiger partial charge in [0.1, 0.15) is 0 Å². The van der Waals surface area contributed by atoms with Crippen LogP contribution in [0, 0.1) is 10.8 Å². The molecule has 0 heterocycles. The largest absolute Gasteiger partial charge is 0.512 e. The lowest BCUT2D eigenvalue weighted by atomic mass is 9.91. The molecule has 2 nitrogen and oxygen atoms in total. The maximum Gasteiger partial charge on any atom is 0.0939 e. The van der Waals surface area contributed by atoms with Crippen LogP contribution in [0.15, 0.2) is 23.7 Å². The highest BCUT2D eigenvalue weighted by Crippen LogP contribution is 2.25. The SMILES string of the molecule is CC(C)(C)C(O)=CC/C=C(\O)C(C)(C)C. The third-order valence-electron chi connectivity index (χ3n) is 2.16. The molecule has 0 rings (SSSR count). The summed E-state index contributed by atoms with van der Waals surface area (Å²) in [5.41, 5.74) is -0.434. The summed E-state index contributed by atoms with van der Waals surface area (Å²) >= 11 is 0. The zero-order valence-electron chi connectivity index (χ0n) is 10.8. The van der Waals surface area contributed by atoms with Crippen molar-refractivity contribution in [1.82, 2.24) is 0 Å². The second-order valence-corrected chi connectivity index (χ2v) is 5.91. The number of hydrogen-bond acceptors (Lipinski definition) is 2. The minimum atomic E-state index is -0.217. The molecule has 2 heteroatoms. The topological polar surface area (TPSA) is 40.5 Å². The average Bonchev–Trinajstić information content (AvgIpc) is 2.00. The number of hydrogen-bond donors (Lipinski definition) is 2. The van der Waals surface area contributed by atoms with Crippen LogP contribution in [0.2, 0.25) is 0 Å². The lowest BCUT2D eigenvalue weighted by molar-refractivity contribution is 0.271. The molecule has 0 aromatic rings. The molecule has 0 bridgehead atoms. The smallest absolute Gasteiger partial charge is 0.0939 e. The van der Waals surface area contributed by atoms with Crippen LogP contribution in [0.1, 0.15) is 48.0 Å². The van der Waals surface area contributed by atoms with E-state index in [1.54, 1.807) is 12.2 Å². The zero-order chi connectivity index (χ0) is 12.3. The van der Waals surface area contributed by atoms with Gasteiger partial charge in [0, 0.05) is 10.8 Å². The third-order valence-corrected chi connectivity index (χ3v) is 2.16. The molecule has 2 N–H and O–H groups in total. The van der Waals surface area contributed by atoms with Crippen molar-refractivity contribution in [3.05, 3.63) is 23.7 Å². The number of allylic oxidation sites excluding steroid dienone is 4. The summed E-state index contributed by atoms with van der Waals surface area (Å²) in [5, 5.41) is 19.3. The van der Waals surface area contributed by atoms with Gasteiger partial charge in [-0.3, -0.25) is 0 Å². The van der Waals surface area contributed by atoms with E-state index in [2.05, 4.69) is 0 Å². The molecule has 0 unspecified atom stereocenters. The third kappa shape index (κ3) is 5.50. The van der Waals surface area contributed by atoms with Gasteiger partial charge in [-0.1, -0.05) is 41.5 Å². The fourth-order valence-electron chi connectivity index (χ4n) is 0.895. The fourth-order valence-corrected chi connectivity index (χ4v) is 0.895. The van der Waals surface area contributed by atoms with Gasteiger partial charge in [-0.15, -0.1) is 0 Å². The lowest BCUT2D eigenvalue weighted by Crippen LogP contribution is -2.09. The van der Waals surface area contributed by atoms with E-state index >= 15 is 0 Å². The number of aliphatic hydroxyl groups excluding tert-OH is 2. The molecule has 0 fully saturated rings. The van der Waals surface area contributed by atoms with E-state index in [1.807, 2.05) is 41.5 Å². The molecule has 0 aromatic carbocycles. The first-order valence-electron chi connectivity index (χ1n) is 5.34. The van der Waals surface area contributed by atoms with Gasteiger partial charge in [-0.05, 0) is 18.6 Å². The molecule has 0 amide bonds. The normalized spacial score (nSPS) is 15.6. The molecular formula is C13H24O2.